The van der Waals surface area contributed by atoms with Crippen LogP contribution in [0.15, 0.2) is 6.07 Å². The van der Waals surface area contributed by atoms with Gasteiger partial charge in [-0.15, -0.1) is 0 Å². The van der Waals surface area contributed by atoms with Crippen LogP contribution >= 0.6 is 15.9 Å². The number of aryl methyl sites for hydroxylation is 1. The highest BCUT2D eigenvalue weighted by molar-refractivity contribution is 9.08. The van der Waals surface area contributed by atoms with Gasteiger partial charge in [-0.2, -0.15) is 0 Å². The lowest BCUT2D eigenvalue weighted by molar-refractivity contribution is 0.139. The van der Waals surface area contributed by atoms with Crippen LogP contribution in [0.2, 0.25) is 0 Å². The van der Waals surface area contributed by atoms with Crippen LogP contribution in [0.25, 0.3) is 0 Å². The average Bonchev–Trinajstić information content (AvgIpc) is 2.33. The number of hydrogen-bond acceptors (Lipinski definition) is 1. The van der Waals surface area contributed by atoms with Gasteiger partial charge in [0, 0.05) is 18.4 Å². The number of carboxylic acid groups (broad SMARTS) is 1. The molecule has 17 heavy (non-hydrogen) atoms. The van der Waals surface area contributed by atoms with E-state index in [0.29, 0.717) is 13.1 Å². The van der Waals surface area contributed by atoms with E-state index in [4.69, 9.17) is 5.11 Å². The molecule has 0 atom stereocenters. The Morgan fingerprint density at radius 3 is 2.76 bits per heavy atom. The molecule has 1 aromatic carbocycles. The van der Waals surface area contributed by atoms with E-state index in [9.17, 15) is 4.79 Å². The maximum Gasteiger partial charge on any atom is 0.407 e. The first-order valence-electron chi connectivity index (χ1n) is 5.69. The van der Waals surface area contributed by atoms with Crippen molar-refractivity contribution >= 4 is 22.0 Å². The summed E-state index contributed by atoms with van der Waals surface area (Å²) in [5.41, 5.74) is 6.36. The first-order valence-corrected chi connectivity index (χ1v) is 6.81. The molecule has 1 amide bonds. The Hall–Kier alpha value is -1.03. The molecule has 0 saturated heterocycles. The predicted octanol–water partition coefficient (Wildman–Crippen LogP) is 3.23. The van der Waals surface area contributed by atoms with Crippen LogP contribution < -0.4 is 0 Å². The second-order valence-corrected chi connectivity index (χ2v) is 5.08. The summed E-state index contributed by atoms with van der Waals surface area (Å²) in [6.45, 7) is 5.33. The van der Waals surface area contributed by atoms with Gasteiger partial charge in [-0.1, -0.05) is 22.0 Å². The van der Waals surface area contributed by atoms with Crippen LogP contribution in [0.3, 0.4) is 0 Å². The monoisotopic (exact) mass is 297 g/mol. The van der Waals surface area contributed by atoms with Gasteiger partial charge < -0.3 is 10.0 Å². The summed E-state index contributed by atoms with van der Waals surface area (Å²) in [4.78, 5) is 12.5. The third kappa shape index (κ3) is 2.18. The van der Waals surface area contributed by atoms with Crippen LogP contribution in [0.4, 0.5) is 4.79 Å². The minimum absolute atomic E-state index is 0.528. The Morgan fingerprint density at radius 1 is 1.47 bits per heavy atom. The molecule has 0 spiro atoms. The van der Waals surface area contributed by atoms with Crippen LogP contribution in [-0.4, -0.2) is 22.6 Å². The molecule has 0 saturated carbocycles. The fraction of sp³-hybridized carbons (Fsp3) is 0.462. The predicted molar refractivity (Wildman–Crippen MR) is 70.7 cm³/mol. The molecule has 92 valence electrons. The molecule has 0 bridgehead atoms. The van der Waals surface area contributed by atoms with Crippen LogP contribution in [-0.2, 0) is 18.3 Å². The highest BCUT2D eigenvalue weighted by Crippen LogP contribution is 2.29. The quantitative estimate of drug-likeness (QED) is 0.809. The van der Waals surface area contributed by atoms with E-state index in [1.807, 2.05) is 0 Å². The summed E-state index contributed by atoms with van der Waals surface area (Å²) in [5.74, 6) is 0. The molecule has 4 heteroatoms. The summed E-state index contributed by atoms with van der Waals surface area (Å²) >= 11 is 3.50. The van der Waals surface area contributed by atoms with E-state index in [1.165, 1.54) is 32.7 Å². The van der Waals surface area contributed by atoms with Crippen molar-refractivity contribution in [3.8, 4) is 0 Å². The first kappa shape index (κ1) is 12.4. The normalized spacial score (nSPS) is 14.6. The van der Waals surface area contributed by atoms with Gasteiger partial charge in [-0.05, 0) is 48.1 Å². The Morgan fingerprint density at radius 2 is 2.18 bits per heavy atom. The van der Waals surface area contributed by atoms with Gasteiger partial charge in [-0.25, -0.2) is 4.79 Å². The number of benzene rings is 1. The van der Waals surface area contributed by atoms with E-state index in [2.05, 4.69) is 35.8 Å². The maximum absolute atomic E-state index is 11.0. The Bertz CT molecular complexity index is 471. The molecule has 1 aliphatic heterocycles. The van der Waals surface area contributed by atoms with Crippen molar-refractivity contribution in [2.45, 2.75) is 32.1 Å². The molecule has 3 nitrogen and oxygen atoms in total. The molecule has 0 fully saturated rings. The Kier molecular flexibility index (Phi) is 3.43. The lowest BCUT2D eigenvalue weighted by Gasteiger charge is -2.29. The summed E-state index contributed by atoms with van der Waals surface area (Å²) < 4.78 is 0. The van der Waals surface area contributed by atoms with Crippen molar-refractivity contribution in [1.82, 2.24) is 4.90 Å². The second-order valence-electron chi connectivity index (χ2n) is 4.52. The number of alkyl halides is 1. The Balaban J connectivity index is 2.46. The van der Waals surface area contributed by atoms with Crippen molar-refractivity contribution in [2.24, 2.45) is 0 Å². The zero-order valence-electron chi connectivity index (χ0n) is 10.1. The number of rotatable bonds is 1. The van der Waals surface area contributed by atoms with Crippen molar-refractivity contribution in [3.05, 3.63) is 33.9 Å². The van der Waals surface area contributed by atoms with Gasteiger partial charge in [0.2, 0.25) is 0 Å². The fourth-order valence-electron chi connectivity index (χ4n) is 2.49. The average molecular weight is 298 g/mol. The molecule has 1 N–H and O–H groups in total. The number of halogens is 1. The zero-order chi connectivity index (χ0) is 12.6. The lowest BCUT2D eigenvalue weighted by Crippen LogP contribution is -2.35. The summed E-state index contributed by atoms with van der Waals surface area (Å²) in [6.07, 6.45) is 0.00655. The number of fused-ring (bicyclic) bond motifs is 1. The summed E-state index contributed by atoms with van der Waals surface area (Å²) in [7, 11) is 0. The first-order chi connectivity index (χ1) is 8.04. The number of hydrogen-bond donors (Lipinski definition) is 1. The molecule has 1 aliphatic rings. The highest BCUT2D eigenvalue weighted by atomic mass is 79.9. The topological polar surface area (TPSA) is 40.5 Å². The molecule has 0 aromatic heterocycles. The van der Waals surface area contributed by atoms with Gasteiger partial charge in [0.1, 0.15) is 0 Å². The second kappa shape index (κ2) is 4.69. The molecule has 0 radical (unpaired) electrons. The highest BCUT2D eigenvalue weighted by Gasteiger charge is 2.23. The standard InChI is InChI=1S/C13H16BrNO2/c1-8-5-10(6-14)9(2)11-3-4-15(13(16)17)7-12(8)11/h5H,3-4,6-7H2,1-2H3,(H,16,17). The zero-order valence-corrected chi connectivity index (χ0v) is 11.7. The molecule has 1 heterocycles. The van der Waals surface area contributed by atoms with E-state index in [0.717, 1.165) is 11.8 Å². The molecule has 0 aliphatic carbocycles. The third-order valence-corrected chi connectivity index (χ3v) is 4.16. The summed E-state index contributed by atoms with van der Waals surface area (Å²) in [5, 5.41) is 9.90. The molecule has 2 rings (SSSR count). The summed E-state index contributed by atoms with van der Waals surface area (Å²) in [6, 6.07) is 2.16. The van der Waals surface area contributed by atoms with E-state index < -0.39 is 6.09 Å². The lowest BCUT2D eigenvalue weighted by atomic mass is 9.89. The fourth-order valence-corrected chi connectivity index (χ4v) is 3.07. The minimum Gasteiger partial charge on any atom is -0.465 e. The largest absolute Gasteiger partial charge is 0.465 e. The van der Waals surface area contributed by atoms with Crippen LogP contribution in [0, 0.1) is 13.8 Å². The van der Waals surface area contributed by atoms with Gasteiger partial charge in [0.25, 0.3) is 0 Å². The van der Waals surface area contributed by atoms with E-state index >= 15 is 0 Å². The van der Waals surface area contributed by atoms with Gasteiger partial charge in [-0.3, -0.25) is 0 Å². The number of nitrogens with zero attached hydrogens (tertiary/aromatic N) is 1. The van der Waals surface area contributed by atoms with Crippen molar-refractivity contribution in [2.75, 3.05) is 6.54 Å². The smallest absolute Gasteiger partial charge is 0.407 e. The Labute approximate surface area is 110 Å². The molecule has 1 aromatic rings. The van der Waals surface area contributed by atoms with E-state index in [-0.39, 0.29) is 0 Å². The van der Waals surface area contributed by atoms with Gasteiger partial charge in [0.05, 0.1) is 0 Å². The van der Waals surface area contributed by atoms with Crippen molar-refractivity contribution < 1.29 is 9.90 Å². The minimum atomic E-state index is -0.822. The number of amides is 1. The third-order valence-electron chi connectivity index (χ3n) is 3.56. The SMILES string of the molecule is Cc1cc(CBr)c(C)c2c1CN(C(=O)O)CC2. The van der Waals surface area contributed by atoms with Crippen LogP contribution in [0.5, 0.6) is 0 Å². The van der Waals surface area contributed by atoms with Crippen LogP contribution in [0.1, 0.15) is 27.8 Å². The van der Waals surface area contributed by atoms with Gasteiger partial charge >= 0.3 is 6.09 Å². The number of carbonyl (C=O) groups is 1. The van der Waals surface area contributed by atoms with Gasteiger partial charge in [0.15, 0.2) is 0 Å². The van der Waals surface area contributed by atoms with Crippen molar-refractivity contribution in [3.63, 3.8) is 0 Å². The maximum atomic E-state index is 11.0. The van der Waals surface area contributed by atoms with Crippen molar-refractivity contribution in [1.29, 1.82) is 0 Å². The molecule has 0 unspecified atom stereocenters. The molecular formula is C13H16BrNO2. The van der Waals surface area contributed by atoms with E-state index in [1.54, 1.807) is 0 Å². The molecular weight excluding hydrogens is 282 g/mol.